The lowest BCUT2D eigenvalue weighted by Gasteiger charge is -2.10. The van der Waals surface area contributed by atoms with Gasteiger partial charge in [0.25, 0.3) is 0 Å². The Labute approximate surface area is 148 Å². The van der Waals surface area contributed by atoms with E-state index in [1.54, 1.807) is 36.4 Å². The quantitative estimate of drug-likeness (QED) is 0.677. The molecule has 0 spiro atoms. The average Bonchev–Trinajstić information content (AvgIpc) is 2.58. The van der Waals surface area contributed by atoms with Gasteiger partial charge in [-0.15, -0.1) is 0 Å². The van der Waals surface area contributed by atoms with E-state index >= 15 is 0 Å². The van der Waals surface area contributed by atoms with Crippen LogP contribution in [0.5, 0.6) is 0 Å². The van der Waals surface area contributed by atoms with Crippen molar-refractivity contribution in [2.45, 2.75) is 0 Å². The van der Waals surface area contributed by atoms with Gasteiger partial charge in [0.05, 0.1) is 22.3 Å². The van der Waals surface area contributed by atoms with Crippen LogP contribution >= 0.6 is 23.2 Å². The van der Waals surface area contributed by atoms with Crippen LogP contribution in [0.4, 0.5) is 23.0 Å². The summed E-state index contributed by atoms with van der Waals surface area (Å²) in [5.41, 5.74) is 2.12. The zero-order valence-electron chi connectivity index (χ0n) is 12.3. The first kappa shape index (κ1) is 16.1. The minimum Gasteiger partial charge on any atom is -0.340 e. The van der Waals surface area contributed by atoms with E-state index in [-0.39, 0.29) is 0 Å². The van der Waals surface area contributed by atoms with Crippen molar-refractivity contribution in [3.05, 3.63) is 70.5 Å². The molecule has 0 unspecified atom stereocenters. The predicted octanol–water partition coefficient (Wildman–Crippen LogP) is 5.14. The Hall–Kier alpha value is -2.81. The molecule has 0 aliphatic rings. The molecule has 3 aromatic rings. The van der Waals surface area contributed by atoms with Crippen LogP contribution in [0.2, 0.25) is 10.0 Å². The largest absolute Gasteiger partial charge is 0.340 e. The Morgan fingerprint density at radius 2 is 1.58 bits per heavy atom. The Bertz CT molecular complexity index is 904. The van der Waals surface area contributed by atoms with Crippen molar-refractivity contribution in [2.75, 3.05) is 10.6 Å². The molecule has 5 nitrogen and oxygen atoms in total. The summed E-state index contributed by atoms with van der Waals surface area (Å²) in [6.45, 7) is 0. The molecule has 0 bridgehead atoms. The molecule has 3 rings (SSSR count). The van der Waals surface area contributed by atoms with Crippen LogP contribution in [0.15, 0.2) is 54.9 Å². The van der Waals surface area contributed by atoms with E-state index in [2.05, 4.69) is 26.7 Å². The van der Waals surface area contributed by atoms with Gasteiger partial charge >= 0.3 is 0 Å². The molecule has 0 atom stereocenters. The summed E-state index contributed by atoms with van der Waals surface area (Å²) in [5.74, 6) is 1.20. The van der Waals surface area contributed by atoms with Gasteiger partial charge in [-0.1, -0.05) is 23.2 Å². The lowest BCUT2D eigenvalue weighted by molar-refractivity contribution is 1.17. The molecule has 0 aliphatic heterocycles. The Morgan fingerprint density at radius 3 is 2.25 bits per heavy atom. The van der Waals surface area contributed by atoms with Gasteiger partial charge in [-0.25, -0.2) is 9.97 Å². The first-order chi connectivity index (χ1) is 11.6. The minimum absolute atomic E-state index is 0.503. The molecular weight excluding hydrogens is 345 g/mol. The van der Waals surface area contributed by atoms with Gasteiger partial charge in [-0.05, 0) is 42.5 Å². The maximum absolute atomic E-state index is 8.82. The molecular formula is C17H11Cl2N5. The molecule has 24 heavy (non-hydrogen) atoms. The minimum atomic E-state index is 0.503. The van der Waals surface area contributed by atoms with Crippen molar-refractivity contribution in [3.8, 4) is 6.07 Å². The third-order valence-corrected chi connectivity index (χ3v) is 3.70. The van der Waals surface area contributed by atoms with Gasteiger partial charge in [-0.2, -0.15) is 5.26 Å². The van der Waals surface area contributed by atoms with Crippen LogP contribution in [0.25, 0.3) is 0 Å². The van der Waals surface area contributed by atoms with Crippen LogP contribution in [-0.2, 0) is 0 Å². The van der Waals surface area contributed by atoms with Gasteiger partial charge in [0.1, 0.15) is 18.0 Å². The number of nitrogens with one attached hydrogen (secondary N) is 2. The van der Waals surface area contributed by atoms with E-state index < -0.39 is 0 Å². The summed E-state index contributed by atoms with van der Waals surface area (Å²) in [6.07, 6.45) is 1.44. The summed E-state index contributed by atoms with van der Waals surface area (Å²) in [6, 6.07) is 16.1. The van der Waals surface area contributed by atoms with Crippen molar-refractivity contribution in [1.82, 2.24) is 9.97 Å². The van der Waals surface area contributed by atoms with E-state index in [9.17, 15) is 0 Å². The van der Waals surface area contributed by atoms with Crippen molar-refractivity contribution in [3.63, 3.8) is 0 Å². The topological polar surface area (TPSA) is 73.6 Å². The SMILES string of the molecule is N#Cc1ccc(Nc2cc(Nc3ccc(Cl)cc3Cl)ncn2)cc1. The fourth-order valence-corrected chi connectivity index (χ4v) is 2.45. The molecule has 1 aromatic heterocycles. The Kier molecular flexibility index (Phi) is 4.80. The van der Waals surface area contributed by atoms with Crippen LogP contribution in [0, 0.1) is 11.3 Å². The fraction of sp³-hybridized carbons (Fsp3) is 0. The second kappa shape index (κ2) is 7.18. The van der Waals surface area contributed by atoms with Crippen LogP contribution in [0.1, 0.15) is 5.56 Å². The normalized spacial score (nSPS) is 10.0. The van der Waals surface area contributed by atoms with Crippen LogP contribution < -0.4 is 10.6 Å². The summed E-state index contributed by atoms with van der Waals surface area (Å²) in [5, 5.41) is 16.2. The van der Waals surface area contributed by atoms with Crippen molar-refractivity contribution in [2.24, 2.45) is 0 Å². The van der Waals surface area contributed by atoms with Crippen LogP contribution in [0.3, 0.4) is 0 Å². The van der Waals surface area contributed by atoms with E-state index in [4.69, 9.17) is 28.5 Å². The second-order valence-corrected chi connectivity index (χ2v) is 5.70. The highest BCUT2D eigenvalue weighted by molar-refractivity contribution is 6.36. The number of halogens is 2. The first-order valence-electron chi connectivity index (χ1n) is 6.95. The van der Waals surface area contributed by atoms with E-state index in [1.165, 1.54) is 6.33 Å². The number of nitriles is 1. The van der Waals surface area contributed by atoms with Crippen molar-refractivity contribution >= 4 is 46.2 Å². The third kappa shape index (κ3) is 3.93. The third-order valence-electron chi connectivity index (χ3n) is 3.15. The number of anilines is 4. The highest BCUT2D eigenvalue weighted by atomic mass is 35.5. The summed E-state index contributed by atoms with van der Waals surface area (Å²) in [7, 11) is 0. The first-order valence-corrected chi connectivity index (χ1v) is 7.71. The molecule has 0 radical (unpaired) electrons. The molecule has 0 saturated heterocycles. The molecule has 118 valence electrons. The zero-order valence-corrected chi connectivity index (χ0v) is 13.8. The molecule has 2 N–H and O–H groups in total. The summed E-state index contributed by atoms with van der Waals surface area (Å²) in [4.78, 5) is 8.34. The maximum Gasteiger partial charge on any atom is 0.135 e. The highest BCUT2D eigenvalue weighted by Crippen LogP contribution is 2.28. The van der Waals surface area contributed by atoms with E-state index in [1.807, 2.05) is 12.1 Å². The Balaban J connectivity index is 1.77. The van der Waals surface area contributed by atoms with Gasteiger partial charge in [0.15, 0.2) is 0 Å². The lowest BCUT2D eigenvalue weighted by Crippen LogP contribution is -1.99. The monoisotopic (exact) mass is 355 g/mol. The van der Waals surface area contributed by atoms with Crippen LogP contribution in [-0.4, -0.2) is 9.97 Å². The summed E-state index contributed by atoms with van der Waals surface area (Å²) < 4.78 is 0. The number of benzene rings is 2. The molecule has 0 saturated carbocycles. The predicted molar refractivity (Wildman–Crippen MR) is 96.2 cm³/mol. The number of aromatic nitrogens is 2. The van der Waals surface area contributed by atoms with E-state index in [0.29, 0.717) is 32.9 Å². The van der Waals surface area contributed by atoms with Gasteiger partial charge in [-0.3, -0.25) is 0 Å². The highest BCUT2D eigenvalue weighted by Gasteiger charge is 2.04. The van der Waals surface area contributed by atoms with Gasteiger partial charge in [0.2, 0.25) is 0 Å². The standard InChI is InChI=1S/C17H11Cl2N5/c18-12-3-6-15(14(19)7-12)24-17-8-16(21-10-22-17)23-13-4-1-11(9-20)2-5-13/h1-8,10H,(H2,21,22,23,24). The number of hydrogen-bond donors (Lipinski definition) is 2. The molecule has 1 heterocycles. The smallest absolute Gasteiger partial charge is 0.135 e. The van der Waals surface area contributed by atoms with Crippen molar-refractivity contribution < 1.29 is 0 Å². The number of nitrogens with zero attached hydrogens (tertiary/aromatic N) is 3. The second-order valence-electron chi connectivity index (χ2n) is 4.85. The number of hydrogen-bond acceptors (Lipinski definition) is 5. The molecule has 7 heteroatoms. The lowest BCUT2D eigenvalue weighted by atomic mass is 10.2. The Morgan fingerprint density at radius 1 is 0.875 bits per heavy atom. The van der Waals surface area contributed by atoms with Gasteiger partial charge < -0.3 is 10.6 Å². The van der Waals surface area contributed by atoms with Crippen molar-refractivity contribution in [1.29, 1.82) is 5.26 Å². The fourth-order valence-electron chi connectivity index (χ4n) is 2.00. The number of rotatable bonds is 4. The molecule has 0 aliphatic carbocycles. The maximum atomic E-state index is 8.82. The molecule has 0 amide bonds. The molecule has 2 aromatic carbocycles. The zero-order chi connectivity index (χ0) is 16.9. The van der Waals surface area contributed by atoms with E-state index in [0.717, 1.165) is 5.69 Å². The van der Waals surface area contributed by atoms with Gasteiger partial charge in [0, 0.05) is 16.8 Å². The summed E-state index contributed by atoms with van der Waals surface area (Å²) >= 11 is 12.0. The average molecular weight is 356 g/mol. The molecule has 0 fully saturated rings.